The van der Waals surface area contributed by atoms with Crippen molar-refractivity contribution < 1.29 is 19.8 Å². The number of hydrogen-bond donors (Lipinski definition) is 4. The molecule has 0 saturated carbocycles. The molecular formula is C26H22Cl2N4O5. The molecule has 0 spiro atoms. The molecule has 2 unspecified atom stereocenters. The number of para-hydroxylation sites is 1. The third kappa shape index (κ3) is 6.45. The molecule has 1 heterocycles. The summed E-state index contributed by atoms with van der Waals surface area (Å²) >= 11 is 12.2. The summed E-state index contributed by atoms with van der Waals surface area (Å²) in [5.74, 6) is -2.43. The number of aliphatic carboxylic acids is 1. The fraction of sp³-hybridized carbons (Fsp3) is 0.154. The Morgan fingerprint density at radius 2 is 1.73 bits per heavy atom. The third-order valence-corrected chi connectivity index (χ3v) is 6.19. The highest BCUT2D eigenvalue weighted by molar-refractivity contribution is 6.32. The van der Waals surface area contributed by atoms with Gasteiger partial charge < -0.3 is 15.5 Å². The highest BCUT2D eigenvalue weighted by Gasteiger charge is 2.24. The molecule has 37 heavy (non-hydrogen) atoms. The number of carboxylic acids is 1. The van der Waals surface area contributed by atoms with E-state index >= 15 is 0 Å². The lowest BCUT2D eigenvalue weighted by atomic mass is 9.98. The zero-order chi connectivity index (χ0) is 26.5. The lowest BCUT2D eigenvalue weighted by molar-refractivity contribution is -0.147. The van der Waals surface area contributed by atoms with Gasteiger partial charge in [0.05, 0.1) is 10.7 Å². The van der Waals surface area contributed by atoms with Crippen LogP contribution in [0.25, 0.3) is 16.8 Å². The number of H-pyrrole nitrogens is 1. The van der Waals surface area contributed by atoms with Crippen molar-refractivity contribution in [2.24, 2.45) is 0 Å². The van der Waals surface area contributed by atoms with Crippen molar-refractivity contribution in [3.63, 3.8) is 0 Å². The molecular weight excluding hydrogens is 519 g/mol. The van der Waals surface area contributed by atoms with E-state index in [-0.39, 0.29) is 23.7 Å². The maximum Gasteiger partial charge on any atom is 0.348 e. The van der Waals surface area contributed by atoms with E-state index in [2.05, 4.69) is 15.4 Å². The van der Waals surface area contributed by atoms with Crippen LogP contribution in [0.1, 0.15) is 22.6 Å². The van der Waals surface area contributed by atoms with Gasteiger partial charge in [-0.15, -0.1) is 5.10 Å². The number of aromatic amines is 1. The number of rotatable bonds is 9. The summed E-state index contributed by atoms with van der Waals surface area (Å²) in [4.78, 5) is 39.0. The standard InChI is InChI=1S/C26H22Cl2N4O5/c27-18-5-3-4-17(13-18)16-10-8-15(9-11-16)12-19(14-22(33)25(35)36)29-24(34)23-30-26(37)32(31-23)21-7-2-1-6-20(21)28/h1-11,13,19,22,33H,12,14H2,(H,29,34)(H,35,36)(H,30,31,37). The molecule has 2 atom stereocenters. The number of nitrogens with zero attached hydrogens (tertiary/aromatic N) is 2. The molecule has 11 heteroatoms. The number of carbonyl (C=O) groups is 2. The molecule has 1 amide bonds. The number of aliphatic hydroxyl groups is 1. The highest BCUT2D eigenvalue weighted by Crippen LogP contribution is 2.23. The van der Waals surface area contributed by atoms with Crippen LogP contribution >= 0.6 is 23.2 Å². The molecule has 4 N–H and O–H groups in total. The van der Waals surface area contributed by atoms with Gasteiger partial charge in [0.1, 0.15) is 0 Å². The van der Waals surface area contributed by atoms with E-state index in [1.54, 1.807) is 30.3 Å². The monoisotopic (exact) mass is 540 g/mol. The Labute approximate surface area is 221 Å². The van der Waals surface area contributed by atoms with E-state index in [1.807, 2.05) is 42.5 Å². The third-order valence-electron chi connectivity index (χ3n) is 5.64. The van der Waals surface area contributed by atoms with Crippen LogP contribution in [-0.4, -0.2) is 49.0 Å². The van der Waals surface area contributed by atoms with Crippen LogP contribution in [0.3, 0.4) is 0 Å². The van der Waals surface area contributed by atoms with Gasteiger partial charge in [-0.25, -0.2) is 9.59 Å². The smallest absolute Gasteiger partial charge is 0.348 e. The van der Waals surface area contributed by atoms with Crippen LogP contribution < -0.4 is 11.0 Å². The molecule has 3 aromatic carbocycles. The van der Waals surface area contributed by atoms with Gasteiger partial charge in [0.25, 0.3) is 5.91 Å². The van der Waals surface area contributed by atoms with Crippen molar-refractivity contribution in [2.75, 3.05) is 0 Å². The number of amides is 1. The second-order valence-electron chi connectivity index (χ2n) is 8.31. The Balaban J connectivity index is 1.53. The predicted octanol–water partition coefficient (Wildman–Crippen LogP) is 3.71. The molecule has 0 fully saturated rings. The average molecular weight is 541 g/mol. The molecule has 0 aliphatic heterocycles. The van der Waals surface area contributed by atoms with Gasteiger partial charge in [0, 0.05) is 17.5 Å². The van der Waals surface area contributed by atoms with Crippen molar-refractivity contribution in [3.8, 4) is 16.8 Å². The summed E-state index contributed by atoms with van der Waals surface area (Å²) in [6.45, 7) is 0. The summed E-state index contributed by atoms with van der Waals surface area (Å²) < 4.78 is 0.965. The van der Waals surface area contributed by atoms with Crippen molar-refractivity contribution in [1.29, 1.82) is 0 Å². The quantitative estimate of drug-likeness (QED) is 0.255. The van der Waals surface area contributed by atoms with Crippen LogP contribution in [-0.2, 0) is 11.2 Å². The van der Waals surface area contributed by atoms with Crippen molar-refractivity contribution >= 4 is 35.1 Å². The van der Waals surface area contributed by atoms with Crippen LogP contribution in [0.2, 0.25) is 10.0 Å². The molecule has 190 valence electrons. The van der Waals surface area contributed by atoms with E-state index < -0.39 is 29.7 Å². The Kier molecular flexibility index (Phi) is 8.08. The number of carboxylic acid groups (broad SMARTS) is 1. The van der Waals surface area contributed by atoms with Crippen molar-refractivity contribution in [3.05, 3.63) is 105 Å². The molecule has 0 aliphatic carbocycles. The lowest BCUT2D eigenvalue weighted by Gasteiger charge is -2.20. The Morgan fingerprint density at radius 3 is 2.41 bits per heavy atom. The topological polar surface area (TPSA) is 137 Å². The largest absolute Gasteiger partial charge is 0.479 e. The van der Waals surface area contributed by atoms with Gasteiger partial charge in [-0.3, -0.25) is 9.78 Å². The number of aromatic nitrogens is 3. The first-order chi connectivity index (χ1) is 17.7. The van der Waals surface area contributed by atoms with Crippen LogP contribution in [0.15, 0.2) is 77.6 Å². The molecule has 9 nitrogen and oxygen atoms in total. The second-order valence-corrected chi connectivity index (χ2v) is 9.16. The van der Waals surface area contributed by atoms with E-state index in [9.17, 15) is 24.6 Å². The second kappa shape index (κ2) is 11.4. The summed E-state index contributed by atoms with van der Waals surface area (Å²) in [5.41, 5.74) is 2.28. The van der Waals surface area contributed by atoms with Gasteiger partial charge in [0.2, 0.25) is 5.82 Å². The van der Waals surface area contributed by atoms with Gasteiger partial charge in [0.15, 0.2) is 6.10 Å². The van der Waals surface area contributed by atoms with Crippen molar-refractivity contribution in [2.45, 2.75) is 25.0 Å². The Bertz CT molecular complexity index is 1480. The maximum atomic E-state index is 12.9. The summed E-state index contributed by atoms with van der Waals surface area (Å²) in [6, 6.07) is 20.6. The molecule has 0 saturated heterocycles. The van der Waals surface area contributed by atoms with E-state index in [4.69, 9.17) is 23.2 Å². The summed E-state index contributed by atoms with van der Waals surface area (Å²) in [5, 5.41) is 26.7. The molecule has 0 aliphatic rings. The Hall–Kier alpha value is -3.92. The van der Waals surface area contributed by atoms with Crippen LogP contribution in [0, 0.1) is 0 Å². The van der Waals surface area contributed by atoms with Gasteiger partial charge in [-0.05, 0) is 47.4 Å². The zero-order valence-electron chi connectivity index (χ0n) is 19.3. The first kappa shape index (κ1) is 26.2. The number of benzene rings is 3. The number of hydrogen-bond acceptors (Lipinski definition) is 5. The van der Waals surface area contributed by atoms with Crippen LogP contribution in [0.5, 0.6) is 0 Å². The lowest BCUT2D eigenvalue weighted by Crippen LogP contribution is -2.41. The normalized spacial score (nSPS) is 12.6. The fourth-order valence-electron chi connectivity index (χ4n) is 3.82. The first-order valence-electron chi connectivity index (χ1n) is 11.2. The number of carbonyl (C=O) groups excluding carboxylic acids is 1. The van der Waals surface area contributed by atoms with Crippen LogP contribution in [0.4, 0.5) is 0 Å². The first-order valence-corrected chi connectivity index (χ1v) is 12.0. The predicted molar refractivity (Wildman–Crippen MR) is 139 cm³/mol. The SMILES string of the molecule is O=C(NC(Cc1ccc(-c2cccc(Cl)c2)cc1)CC(O)C(=O)O)c1nn(-c2ccccc2Cl)c(=O)[nH]1. The fourth-order valence-corrected chi connectivity index (χ4v) is 4.22. The summed E-state index contributed by atoms with van der Waals surface area (Å²) in [6.07, 6.45) is -1.73. The molecule has 1 aromatic heterocycles. The minimum Gasteiger partial charge on any atom is -0.479 e. The molecule has 4 aromatic rings. The minimum atomic E-state index is -1.70. The van der Waals surface area contributed by atoms with E-state index in [0.29, 0.717) is 10.7 Å². The summed E-state index contributed by atoms with van der Waals surface area (Å²) in [7, 11) is 0. The number of nitrogens with one attached hydrogen (secondary N) is 2. The van der Waals surface area contributed by atoms with E-state index in [0.717, 1.165) is 21.4 Å². The van der Waals surface area contributed by atoms with Gasteiger partial charge in [-0.1, -0.05) is 71.7 Å². The Morgan fingerprint density at radius 1 is 1.00 bits per heavy atom. The minimum absolute atomic E-state index is 0.224. The number of halogens is 2. The molecule has 4 rings (SSSR count). The van der Waals surface area contributed by atoms with E-state index in [1.165, 1.54) is 0 Å². The molecule has 0 radical (unpaired) electrons. The average Bonchev–Trinajstić information content (AvgIpc) is 3.26. The van der Waals surface area contributed by atoms with Gasteiger partial charge in [-0.2, -0.15) is 4.68 Å². The maximum absolute atomic E-state index is 12.9. The van der Waals surface area contributed by atoms with Gasteiger partial charge >= 0.3 is 11.7 Å². The zero-order valence-corrected chi connectivity index (χ0v) is 20.8. The number of aliphatic hydroxyl groups excluding tert-OH is 1. The highest BCUT2D eigenvalue weighted by atomic mass is 35.5. The molecule has 0 bridgehead atoms. The van der Waals surface area contributed by atoms with Crippen molar-refractivity contribution in [1.82, 2.24) is 20.1 Å².